The summed E-state index contributed by atoms with van der Waals surface area (Å²) in [5, 5.41) is 0. The number of fused-ring (bicyclic) bond motifs is 1. The molecule has 0 aliphatic rings. The molecule has 0 unspecified atom stereocenters. The Hall–Kier alpha value is -2.58. The largest absolute Gasteiger partial charge is 0.433 e. The molecule has 3 heterocycles. The number of pyridine rings is 1. The SMILES string of the molecule is Fc1ccc(F)c(-c2cn3cnc(C(F)(F)F)cc3n2)n1. The number of hydrogen-bond acceptors (Lipinski definition) is 3. The van der Waals surface area contributed by atoms with Gasteiger partial charge in [-0.15, -0.1) is 0 Å². The minimum atomic E-state index is -4.61. The van der Waals surface area contributed by atoms with Gasteiger partial charge in [-0.3, -0.25) is 4.40 Å². The number of imidazole rings is 1. The molecule has 108 valence electrons. The zero-order chi connectivity index (χ0) is 15.2. The molecule has 0 aromatic carbocycles. The molecule has 0 saturated carbocycles. The highest BCUT2D eigenvalue weighted by Gasteiger charge is 2.33. The van der Waals surface area contributed by atoms with Gasteiger partial charge in [0, 0.05) is 12.3 Å². The van der Waals surface area contributed by atoms with Gasteiger partial charge in [-0.2, -0.15) is 17.6 Å². The van der Waals surface area contributed by atoms with Crippen LogP contribution in [0.5, 0.6) is 0 Å². The fraction of sp³-hybridized carbons (Fsp3) is 0.0833. The molecule has 0 fully saturated rings. The molecule has 0 atom stereocenters. The van der Waals surface area contributed by atoms with Crippen LogP contribution in [0, 0.1) is 11.8 Å². The second kappa shape index (κ2) is 4.47. The van der Waals surface area contributed by atoms with E-state index in [0.717, 1.165) is 22.9 Å². The zero-order valence-corrected chi connectivity index (χ0v) is 10.1. The summed E-state index contributed by atoms with van der Waals surface area (Å²) in [6.45, 7) is 0. The first-order valence-electron chi connectivity index (χ1n) is 5.59. The van der Waals surface area contributed by atoms with Crippen molar-refractivity contribution < 1.29 is 22.0 Å². The van der Waals surface area contributed by atoms with Crippen LogP contribution >= 0.6 is 0 Å². The van der Waals surface area contributed by atoms with Crippen molar-refractivity contribution in [2.75, 3.05) is 0 Å². The molecule has 0 spiro atoms. The van der Waals surface area contributed by atoms with Crippen molar-refractivity contribution in [3.05, 3.63) is 48.2 Å². The number of halogens is 5. The summed E-state index contributed by atoms with van der Waals surface area (Å²) in [6.07, 6.45) is -2.50. The summed E-state index contributed by atoms with van der Waals surface area (Å²) in [5.41, 5.74) is -1.70. The first kappa shape index (κ1) is 13.4. The smallest absolute Gasteiger partial charge is 0.290 e. The minimum Gasteiger partial charge on any atom is -0.290 e. The second-order valence-corrected chi connectivity index (χ2v) is 4.13. The van der Waals surface area contributed by atoms with E-state index < -0.39 is 23.6 Å². The van der Waals surface area contributed by atoms with Crippen LogP contribution in [0.15, 0.2) is 30.7 Å². The summed E-state index contributed by atoms with van der Waals surface area (Å²) in [6, 6.07) is 2.40. The third-order valence-corrected chi connectivity index (χ3v) is 2.69. The Bertz CT molecular complexity index is 824. The highest BCUT2D eigenvalue weighted by atomic mass is 19.4. The molecule has 0 bridgehead atoms. The molecule has 3 rings (SSSR count). The van der Waals surface area contributed by atoms with Crippen molar-refractivity contribution in [3.8, 4) is 11.4 Å². The van der Waals surface area contributed by atoms with E-state index in [1.807, 2.05) is 0 Å². The Morgan fingerprint density at radius 2 is 1.81 bits per heavy atom. The highest BCUT2D eigenvalue weighted by molar-refractivity contribution is 5.59. The maximum atomic E-state index is 13.6. The topological polar surface area (TPSA) is 43.1 Å². The molecule has 9 heteroatoms. The Balaban J connectivity index is 2.15. The first-order valence-corrected chi connectivity index (χ1v) is 5.59. The van der Waals surface area contributed by atoms with Crippen molar-refractivity contribution in [3.63, 3.8) is 0 Å². The molecule has 0 amide bonds. The zero-order valence-electron chi connectivity index (χ0n) is 10.1. The summed E-state index contributed by atoms with van der Waals surface area (Å²) in [5.74, 6) is -1.75. The summed E-state index contributed by atoms with van der Waals surface area (Å²) < 4.78 is 65.4. The number of nitrogens with zero attached hydrogens (tertiary/aromatic N) is 4. The van der Waals surface area contributed by atoms with E-state index in [1.165, 1.54) is 6.20 Å². The lowest BCUT2D eigenvalue weighted by atomic mass is 10.3. The van der Waals surface area contributed by atoms with Gasteiger partial charge in [0.15, 0.2) is 5.82 Å². The van der Waals surface area contributed by atoms with Crippen molar-refractivity contribution in [2.24, 2.45) is 0 Å². The Kier molecular flexibility index (Phi) is 2.85. The van der Waals surface area contributed by atoms with Crippen LogP contribution in [0.1, 0.15) is 5.69 Å². The molecule has 0 radical (unpaired) electrons. The Labute approximate surface area is 113 Å². The Morgan fingerprint density at radius 3 is 2.52 bits per heavy atom. The molecule has 3 aromatic heterocycles. The van der Waals surface area contributed by atoms with Crippen LogP contribution in [-0.2, 0) is 6.18 Å². The van der Waals surface area contributed by atoms with Crippen LogP contribution in [0.4, 0.5) is 22.0 Å². The summed E-state index contributed by atoms with van der Waals surface area (Å²) in [7, 11) is 0. The summed E-state index contributed by atoms with van der Waals surface area (Å²) in [4.78, 5) is 10.4. The van der Waals surface area contributed by atoms with Crippen LogP contribution < -0.4 is 0 Å². The van der Waals surface area contributed by atoms with E-state index in [1.54, 1.807) is 0 Å². The van der Waals surface area contributed by atoms with Gasteiger partial charge in [-0.25, -0.2) is 19.3 Å². The normalized spacial score (nSPS) is 12.0. The molecular weight excluding hydrogens is 295 g/mol. The minimum absolute atomic E-state index is 0.0897. The van der Waals surface area contributed by atoms with Gasteiger partial charge in [-0.1, -0.05) is 0 Å². The second-order valence-electron chi connectivity index (χ2n) is 4.13. The molecule has 0 N–H and O–H groups in total. The fourth-order valence-electron chi connectivity index (χ4n) is 1.76. The molecular formula is C12H5F5N4. The van der Waals surface area contributed by atoms with E-state index in [-0.39, 0.29) is 17.0 Å². The molecule has 21 heavy (non-hydrogen) atoms. The maximum absolute atomic E-state index is 13.6. The number of hydrogen-bond donors (Lipinski definition) is 0. The van der Waals surface area contributed by atoms with Gasteiger partial charge >= 0.3 is 6.18 Å². The van der Waals surface area contributed by atoms with Crippen LogP contribution in [0.25, 0.3) is 17.0 Å². The van der Waals surface area contributed by atoms with Crippen molar-refractivity contribution >= 4 is 5.65 Å². The van der Waals surface area contributed by atoms with Gasteiger partial charge in [-0.05, 0) is 12.1 Å². The third-order valence-electron chi connectivity index (χ3n) is 2.69. The van der Waals surface area contributed by atoms with E-state index >= 15 is 0 Å². The summed E-state index contributed by atoms with van der Waals surface area (Å²) >= 11 is 0. The van der Waals surface area contributed by atoms with E-state index in [0.29, 0.717) is 6.07 Å². The monoisotopic (exact) mass is 300 g/mol. The average molecular weight is 300 g/mol. The molecule has 0 saturated heterocycles. The molecule has 0 aliphatic heterocycles. The van der Waals surface area contributed by atoms with Crippen LogP contribution in [0.3, 0.4) is 0 Å². The predicted octanol–water partition coefficient (Wildman–Crippen LogP) is 3.09. The number of aromatic nitrogens is 4. The van der Waals surface area contributed by atoms with Crippen molar-refractivity contribution in [1.29, 1.82) is 0 Å². The van der Waals surface area contributed by atoms with Crippen LogP contribution in [0.2, 0.25) is 0 Å². The number of rotatable bonds is 1. The first-order chi connectivity index (χ1) is 9.84. The standard InChI is InChI=1S/C12H5F5N4/c13-6-1-2-9(14)20-11(6)7-4-21-5-18-8(12(15,16)17)3-10(21)19-7/h1-5H. The van der Waals surface area contributed by atoms with E-state index in [9.17, 15) is 22.0 Å². The van der Waals surface area contributed by atoms with Gasteiger partial charge in [0.05, 0.1) is 0 Å². The lowest BCUT2D eigenvalue weighted by Crippen LogP contribution is -2.08. The lowest BCUT2D eigenvalue weighted by molar-refractivity contribution is -0.141. The average Bonchev–Trinajstić information content (AvgIpc) is 2.83. The predicted molar refractivity (Wildman–Crippen MR) is 61.1 cm³/mol. The van der Waals surface area contributed by atoms with E-state index in [2.05, 4.69) is 15.0 Å². The number of alkyl halides is 3. The third kappa shape index (κ3) is 2.41. The Morgan fingerprint density at radius 1 is 1.05 bits per heavy atom. The molecule has 0 aliphatic carbocycles. The quantitative estimate of drug-likeness (QED) is 0.512. The lowest BCUT2D eigenvalue weighted by Gasteiger charge is -2.04. The van der Waals surface area contributed by atoms with Crippen molar-refractivity contribution in [1.82, 2.24) is 19.4 Å². The van der Waals surface area contributed by atoms with Gasteiger partial charge in [0.2, 0.25) is 5.95 Å². The highest BCUT2D eigenvalue weighted by Crippen LogP contribution is 2.28. The van der Waals surface area contributed by atoms with Gasteiger partial charge < -0.3 is 0 Å². The van der Waals surface area contributed by atoms with Gasteiger partial charge in [0.25, 0.3) is 0 Å². The fourth-order valence-corrected chi connectivity index (χ4v) is 1.76. The molecule has 4 nitrogen and oxygen atoms in total. The van der Waals surface area contributed by atoms with Crippen molar-refractivity contribution in [2.45, 2.75) is 6.18 Å². The maximum Gasteiger partial charge on any atom is 0.433 e. The van der Waals surface area contributed by atoms with Crippen LogP contribution in [-0.4, -0.2) is 19.4 Å². The van der Waals surface area contributed by atoms with E-state index in [4.69, 9.17) is 0 Å². The van der Waals surface area contributed by atoms with Gasteiger partial charge in [0.1, 0.15) is 29.1 Å². The molecule has 3 aromatic rings.